The number of rotatable bonds is 58. The molecule has 17 nitrogen and oxygen atoms in total. The highest BCUT2D eigenvalue weighted by Gasteiger charge is 2.30. The van der Waals surface area contributed by atoms with Crippen LogP contribution in [0, 0.1) is 11.8 Å². The molecular weight excluding hydrogens is 1040 g/mol. The van der Waals surface area contributed by atoms with Gasteiger partial charge >= 0.3 is 39.5 Å². The highest BCUT2D eigenvalue weighted by molar-refractivity contribution is 7.47. The summed E-state index contributed by atoms with van der Waals surface area (Å²) in [5, 5.41) is 10.5. The number of phosphoric acid groups is 2. The second-order valence-electron chi connectivity index (χ2n) is 22.3. The third kappa shape index (κ3) is 53.4. The van der Waals surface area contributed by atoms with Gasteiger partial charge in [0.25, 0.3) is 0 Å². The van der Waals surface area contributed by atoms with Crippen LogP contribution >= 0.6 is 15.6 Å². The van der Waals surface area contributed by atoms with E-state index in [1.807, 2.05) is 0 Å². The number of carbonyl (C=O) groups excluding carboxylic acids is 4. The summed E-state index contributed by atoms with van der Waals surface area (Å²) < 4.78 is 67.6. The summed E-state index contributed by atoms with van der Waals surface area (Å²) in [6.07, 6.45) is 32.4. The maximum Gasteiger partial charge on any atom is 0.472 e. The molecule has 0 aromatic carbocycles. The van der Waals surface area contributed by atoms with Crippen LogP contribution in [0.1, 0.15) is 286 Å². The van der Waals surface area contributed by atoms with Gasteiger partial charge in [-0.3, -0.25) is 37.3 Å². The fraction of sp³-hybridized carbons (Fsp3) is 0.932. The summed E-state index contributed by atoms with van der Waals surface area (Å²) in [7, 11) is -9.87. The van der Waals surface area contributed by atoms with Gasteiger partial charge < -0.3 is 33.8 Å². The van der Waals surface area contributed by atoms with E-state index in [9.17, 15) is 43.2 Å². The van der Waals surface area contributed by atoms with Crippen molar-refractivity contribution in [2.45, 2.75) is 304 Å². The van der Waals surface area contributed by atoms with E-state index in [-0.39, 0.29) is 25.7 Å². The zero-order valence-electron chi connectivity index (χ0n) is 50.0. The van der Waals surface area contributed by atoms with Crippen LogP contribution in [0.3, 0.4) is 0 Å². The number of aliphatic hydroxyl groups excluding tert-OH is 1. The first-order valence-corrected chi connectivity index (χ1v) is 34.0. The van der Waals surface area contributed by atoms with E-state index in [0.29, 0.717) is 31.6 Å². The lowest BCUT2D eigenvalue weighted by Gasteiger charge is -2.21. The number of hydrogen-bond acceptors (Lipinski definition) is 15. The summed E-state index contributed by atoms with van der Waals surface area (Å²) in [6, 6.07) is 0. The second-order valence-corrected chi connectivity index (χ2v) is 25.2. The third-order valence-corrected chi connectivity index (χ3v) is 15.4. The molecule has 0 aromatic heterocycles. The molecule has 0 radical (unpaired) electrons. The molecule has 5 atom stereocenters. The van der Waals surface area contributed by atoms with Crippen molar-refractivity contribution in [3.8, 4) is 0 Å². The van der Waals surface area contributed by atoms with Gasteiger partial charge in [0.05, 0.1) is 26.4 Å². The van der Waals surface area contributed by atoms with Crippen molar-refractivity contribution in [2.75, 3.05) is 39.6 Å². The molecule has 0 bridgehead atoms. The van der Waals surface area contributed by atoms with Crippen LogP contribution < -0.4 is 0 Å². The van der Waals surface area contributed by atoms with Crippen molar-refractivity contribution in [3.05, 3.63) is 0 Å². The van der Waals surface area contributed by atoms with Crippen LogP contribution in [0.2, 0.25) is 0 Å². The summed E-state index contributed by atoms with van der Waals surface area (Å²) in [4.78, 5) is 71.7. The molecule has 0 heterocycles. The zero-order valence-corrected chi connectivity index (χ0v) is 51.7. The number of ether oxygens (including phenoxy) is 4. The molecule has 462 valence electrons. The average molecular weight is 1160 g/mol. The molecule has 0 spiro atoms. The molecule has 0 aromatic rings. The minimum absolute atomic E-state index is 0.103. The molecule has 0 aliphatic carbocycles. The molecule has 0 aliphatic rings. The van der Waals surface area contributed by atoms with E-state index in [2.05, 4.69) is 41.5 Å². The highest BCUT2D eigenvalue weighted by atomic mass is 31.2. The molecule has 2 unspecified atom stereocenters. The summed E-state index contributed by atoms with van der Waals surface area (Å²) in [5.41, 5.74) is 0. The van der Waals surface area contributed by atoms with E-state index in [1.54, 1.807) is 0 Å². The summed E-state index contributed by atoms with van der Waals surface area (Å²) in [5.74, 6) is -0.680. The molecule has 3 N–H and O–H groups in total. The van der Waals surface area contributed by atoms with Crippen molar-refractivity contribution < 1.29 is 80.2 Å². The lowest BCUT2D eigenvalue weighted by Crippen LogP contribution is -2.30. The highest BCUT2D eigenvalue weighted by Crippen LogP contribution is 2.45. The molecule has 19 heteroatoms. The maximum atomic E-state index is 12.9. The molecular formula is C59H114O17P2. The van der Waals surface area contributed by atoms with Gasteiger partial charge in [-0.25, -0.2) is 9.13 Å². The molecule has 0 rings (SSSR count). The second kappa shape index (κ2) is 51.9. The average Bonchev–Trinajstić information content (AvgIpc) is 3.39. The predicted octanol–water partition coefficient (Wildman–Crippen LogP) is 15.7. The topological polar surface area (TPSA) is 237 Å². The quantitative estimate of drug-likeness (QED) is 0.0222. The lowest BCUT2D eigenvalue weighted by atomic mass is 10.0. The molecule has 0 amide bonds. The van der Waals surface area contributed by atoms with Gasteiger partial charge in [0.1, 0.15) is 19.3 Å². The van der Waals surface area contributed by atoms with Gasteiger partial charge in [-0.1, -0.05) is 234 Å². The van der Waals surface area contributed by atoms with Crippen LogP contribution in [0.25, 0.3) is 0 Å². The Bertz CT molecular complexity index is 1550. The van der Waals surface area contributed by atoms with E-state index >= 15 is 0 Å². The summed E-state index contributed by atoms with van der Waals surface area (Å²) in [6.45, 7) is 9.31. The fourth-order valence-electron chi connectivity index (χ4n) is 8.65. The van der Waals surface area contributed by atoms with Crippen LogP contribution in [-0.2, 0) is 65.4 Å². The minimum Gasteiger partial charge on any atom is -0.462 e. The van der Waals surface area contributed by atoms with E-state index in [4.69, 9.17) is 37.0 Å². The SMILES string of the molecule is CCCCCCCCCC(=O)OC[C@H](COP(=O)(O)OC[C@H](O)COP(=O)(O)OC[C@@H](COC(=O)CCCCCCCCCC(C)C)OC(=O)CCCCCCCCCCCCCC(C)C)OC(=O)CCCCCCCCC. The Morgan fingerprint density at radius 1 is 0.346 bits per heavy atom. The van der Waals surface area contributed by atoms with Crippen LogP contribution in [-0.4, -0.2) is 96.7 Å². The van der Waals surface area contributed by atoms with Crippen molar-refractivity contribution in [2.24, 2.45) is 11.8 Å². The first kappa shape index (κ1) is 76.1. The lowest BCUT2D eigenvalue weighted by molar-refractivity contribution is -0.161. The van der Waals surface area contributed by atoms with E-state index < -0.39 is 97.5 Å². The number of aliphatic hydroxyl groups is 1. The zero-order chi connectivity index (χ0) is 58.0. The third-order valence-electron chi connectivity index (χ3n) is 13.5. The maximum absolute atomic E-state index is 12.9. The summed E-state index contributed by atoms with van der Waals surface area (Å²) >= 11 is 0. The van der Waals surface area contributed by atoms with Crippen molar-refractivity contribution in [1.29, 1.82) is 0 Å². The smallest absolute Gasteiger partial charge is 0.462 e. The number of unbranched alkanes of at least 4 members (excludes halogenated alkanes) is 28. The van der Waals surface area contributed by atoms with Gasteiger partial charge in [0.15, 0.2) is 12.2 Å². The normalized spacial score (nSPS) is 14.4. The first-order chi connectivity index (χ1) is 37.4. The van der Waals surface area contributed by atoms with Crippen LogP contribution in [0.15, 0.2) is 0 Å². The number of hydrogen-bond donors (Lipinski definition) is 3. The molecule has 78 heavy (non-hydrogen) atoms. The standard InChI is InChI=1S/C59H114O17P2/c1-7-9-11-13-21-29-35-41-56(61)69-47-54(75-58(63)43-37-31-22-14-12-10-8-2)49-73-77(65,66)71-45-53(60)46-72-78(67,68)74-50-55(48-70-57(62)42-36-30-26-20-24-28-34-40-52(5)6)76-59(64)44-38-32-25-19-17-15-16-18-23-27-33-39-51(3)4/h51-55,60H,7-50H2,1-6H3,(H,65,66)(H,67,68)/t53-,54+,55+/m0/s1. The van der Waals surface area contributed by atoms with Crippen molar-refractivity contribution in [3.63, 3.8) is 0 Å². The number of carbonyl (C=O) groups is 4. The largest absolute Gasteiger partial charge is 0.472 e. The van der Waals surface area contributed by atoms with Crippen LogP contribution in [0.5, 0.6) is 0 Å². The molecule has 0 saturated carbocycles. The number of phosphoric ester groups is 2. The molecule has 0 saturated heterocycles. The van der Waals surface area contributed by atoms with Gasteiger partial charge in [0, 0.05) is 25.7 Å². The van der Waals surface area contributed by atoms with Gasteiger partial charge in [-0.05, 0) is 37.5 Å². The molecule has 0 aliphatic heterocycles. The number of esters is 4. The Morgan fingerprint density at radius 2 is 0.590 bits per heavy atom. The Hall–Kier alpha value is -1.94. The fourth-order valence-corrected chi connectivity index (χ4v) is 10.2. The Kier molecular flexibility index (Phi) is 50.6. The first-order valence-electron chi connectivity index (χ1n) is 31.0. The van der Waals surface area contributed by atoms with Crippen molar-refractivity contribution in [1.82, 2.24) is 0 Å². The Morgan fingerprint density at radius 3 is 0.872 bits per heavy atom. The monoisotopic (exact) mass is 1160 g/mol. The van der Waals surface area contributed by atoms with Gasteiger partial charge in [0.2, 0.25) is 0 Å². The predicted molar refractivity (Wildman–Crippen MR) is 308 cm³/mol. The van der Waals surface area contributed by atoms with Crippen molar-refractivity contribution >= 4 is 39.5 Å². The van der Waals surface area contributed by atoms with Crippen LogP contribution in [0.4, 0.5) is 0 Å². The Labute approximate surface area is 473 Å². The van der Waals surface area contributed by atoms with Gasteiger partial charge in [-0.2, -0.15) is 0 Å². The minimum atomic E-state index is -4.94. The Balaban J connectivity index is 5.19. The van der Waals surface area contributed by atoms with E-state index in [0.717, 1.165) is 128 Å². The van der Waals surface area contributed by atoms with Gasteiger partial charge in [-0.15, -0.1) is 0 Å². The molecule has 0 fully saturated rings. The van der Waals surface area contributed by atoms with E-state index in [1.165, 1.54) is 70.6 Å².